The van der Waals surface area contributed by atoms with Crippen LogP contribution >= 0.6 is 0 Å². The Bertz CT molecular complexity index is 983. The molecule has 0 bridgehead atoms. The third-order valence-electron chi connectivity index (χ3n) is 3.98. The molecular weight excluding hydrogens is 523 g/mol. The van der Waals surface area contributed by atoms with Crippen molar-refractivity contribution in [2.24, 2.45) is 0 Å². The van der Waals surface area contributed by atoms with Gasteiger partial charge in [-0.25, -0.2) is 4.98 Å². The van der Waals surface area contributed by atoms with E-state index in [9.17, 15) is 0 Å². The van der Waals surface area contributed by atoms with Gasteiger partial charge in [0.25, 0.3) is 0 Å². The van der Waals surface area contributed by atoms with Crippen molar-refractivity contribution in [2.45, 2.75) is 13.8 Å². The van der Waals surface area contributed by atoms with Crippen LogP contribution in [0.1, 0.15) is 13.8 Å². The summed E-state index contributed by atoms with van der Waals surface area (Å²) >= 11 is 0. The van der Waals surface area contributed by atoms with Crippen molar-refractivity contribution >= 4 is 5.82 Å². The molecular formula is C27H28N7Ru. The minimum absolute atomic E-state index is 0. The summed E-state index contributed by atoms with van der Waals surface area (Å²) in [5.74, 6) is 7.21. The fraction of sp³-hybridized carbons (Fsp3) is 0.0741. The molecule has 0 aliphatic carbocycles. The fourth-order valence-corrected chi connectivity index (χ4v) is 2.49. The first kappa shape index (κ1) is 29.2. The molecule has 5 rings (SSSR count). The van der Waals surface area contributed by atoms with Gasteiger partial charge in [-0.1, -0.05) is 44.2 Å². The zero-order chi connectivity index (χ0) is 24.3. The number of hydrogen-bond donors (Lipinski definition) is 1. The molecule has 5 aromatic rings. The molecule has 0 unspecified atom stereocenters. The van der Waals surface area contributed by atoms with Crippen molar-refractivity contribution < 1.29 is 19.5 Å². The molecule has 0 aliphatic rings. The van der Waals surface area contributed by atoms with E-state index in [2.05, 4.69) is 30.3 Å². The van der Waals surface area contributed by atoms with E-state index in [0.717, 1.165) is 22.8 Å². The van der Waals surface area contributed by atoms with Gasteiger partial charge in [0, 0.05) is 31.0 Å². The fourth-order valence-electron chi connectivity index (χ4n) is 2.49. The maximum Gasteiger partial charge on any atom is 1.00 e. The van der Waals surface area contributed by atoms with Crippen molar-refractivity contribution in [1.29, 1.82) is 0 Å². The Kier molecular flexibility index (Phi) is 15.5. The molecule has 8 heteroatoms. The Hall–Kier alpha value is -3.87. The second-order valence-corrected chi connectivity index (χ2v) is 6.20. The van der Waals surface area contributed by atoms with Crippen LogP contribution in [0.2, 0.25) is 0 Å². The second kappa shape index (κ2) is 18.5. The molecule has 5 heterocycles. The van der Waals surface area contributed by atoms with Gasteiger partial charge in [-0.2, -0.15) is 0 Å². The summed E-state index contributed by atoms with van der Waals surface area (Å²) < 4.78 is 0. The number of pyridine rings is 5. The first-order chi connectivity index (χ1) is 16.9. The first-order valence-corrected chi connectivity index (χ1v) is 10.9. The van der Waals surface area contributed by atoms with Crippen LogP contribution in [0.15, 0.2) is 122 Å². The second-order valence-electron chi connectivity index (χ2n) is 6.20. The van der Waals surface area contributed by atoms with Crippen LogP contribution in [0.4, 0.5) is 5.82 Å². The Labute approximate surface area is 219 Å². The molecule has 0 fully saturated rings. The third kappa shape index (κ3) is 11.2. The maximum absolute atomic E-state index is 6.63. The standard InChI is InChI=1S/2C10H8N2.C5H6N3.C2H6.Ru/c2*1-3-7-11-9(5-1)10-6-2-4-8-12-10;6-8-5-3-1-2-4-7-5;1-2;/h2*1-8H;1-4,6H,(H,7,8);1-2H3;/q;;-1;;+1. The summed E-state index contributed by atoms with van der Waals surface area (Å²) in [5.41, 5.74) is 5.83. The molecule has 7 nitrogen and oxygen atoms in total. The van der Waals surface area contributed by atoms with Crippen molar-refractivity contribution in [3.05, 3.63) is 128 Å². The number of nitrogens with one attached hydrogen (secondary N) is 2. The number of aromatic nitrogens is 5. The molecule has 179 valence electrons. The first-order valence-electron chi connectivity index (χ1n) is 10.9. The van der Waals surface area contributed by atoms with Gasteiger partial charge in [-0.05, 0) is 60.7 Å². The minimum atomic E-state index is 0. The zero-order valence-electron chi connectivity index (χ0n) is 19.6. The molecule has 5 aromatic heterocycles. The molecule has 1 radical (unpaired) electrons. The van der Waals surface area contributed by atoms with Crippen LogP contribution in [0, 0.1) is 0 Å². The normalized spacial score (nSPS) is 8.77. The van der Waals surface area contributed by atoms with E-state index in [1.807, 2.05) is 92.7 Å². The van der Waals surface area contributed by atoms with Crippen molar-refractivity contribution in [3.8, 4) is 22.8 Å². The van der Waals surface area contributed by atoms with Gasteiger partial charge in [0.05, 0.1) is 22.8 Å². The maximum atomic E-state index is 6.63. The van der Waals surface area contributed by atoms with E-state index in [1.165, 1.54) is 0 Å². The SMILES string of the molecule is CC.[NH-]Nc1ccccn1.[Ru+].c1ccc(-c2ccccn2)nc1.c1ccc(-c2ccccn2)nc1. The van der Waals surface area contributed by atoms with Crippen molar-refractivity contribution in [1.82, 2.24) is 24.9 Å². The Balaban J connectivity index is 0.000000255. The van der Waals surface area contributed by atoms with Crippen LogP contribution in [0.25, 0.3) is 28.6 Å². The van der Waals surface area contributed by atoms with Crippen LogP contribution in [-0.2, 0) is 19.5 Å². The predicted octanol–water partition coefficient (Wildman–Crippen LogP) is 6.77. The van der Waals surface area contributed by atoms with Gasteiger partial charge in [0.15, 0.2) is 0 Å². The summed E-state index contributed by atoms with van der Waals surface area (Å²) in [4.78, 5) is 20.5. The topological polar surface area (TPSA) is 100 Å². The summed E-state index contributed by atoms with van der Waals surface area (Å²) in [5, 5.41) is 0. The van der Waals surface area contributed by atoms with E-state index >= 15 is 0 Å². The number of hydrogen-bond acceptors (Lipinski definition) is 6. The molecule has 0 amide bonds. The van der Waals surface area contributed by atoms with Gasteiger partial charge >= 0.3 is 19.5 Å². The number of nitrogens with zero attached hydrogens (tertiary/aromatic N) is 5. The molecule has 0 spiro atoms. The van der Waals surface area contributed by atoms with E-state index in [1.54, 1.807) is 43.1 Å². The number of anilines is 1. The molecule has 0 saturated heterocycles. The predicted molar refractivity (Wildman–Crippen MR) is 138 cm³/mol. The van der Waals surface area contributed by atoms with Gasteiger partial charge in [0.2, 0.25) is 0 Å². The zero-order valence-corrected chi connectivity index (χ0v) is 21.4. The molecule has 0 saturated carbocycles. The average molecular weight is 552 g/mol. The number of rotatable bonds is 3. The molecule has 0 aromatic carbocycles. The summed E-state index contributed by atoms with van der Waals surface area (Å²) in [7, 11) is 0. The van der Waals surface area contributed by atoms with Gasteiger partial charge in [-0.15, -0.1) is 0 Å². The molecule has 0 aliphatic heterocycles. The Morgan fingerprint density at radius 3 is 0.914 bits per heavy atom. The van der Waals surface area contributed by atoms with E-state index in [0.29, 0.717) is 5.82 Å². The Morgan fingerprint density at radius 1 is 0.457 bits per heavy atom. The summed E-state index contributed by atoms with van der Waals surface area (Å²) in [6, 6.07) is 28.5. The summed E-state index contributed by atoms with van der Waals surface area (Å²) in [6.07, 6.45) is 8.71. The summed E-state index contributed by atoms with van der Waals surface area (Å²) in [6.45, 7) is 4.00. The van der Waals surface area contributed by atoms with Crippen LogP contribution < -0.4 is 5.43 Å². The third-order valence-corrected chi connectivity index (χ3v) is 3.98. The van der Waals surface area contributed by atoms with Crippen LogP contribution in [-0.4, -0.2) is 24.9 Å². The van der Waals surface area contributed by atoms with Crippen LogP contribution in [0.3, 0.4) is 0 Å². The average Bonchev–Trinajstić information content (AvgIpc) is 2.97. The monoisotopic (exact) mass is 552 g/mol. The molecule has 2 N–H and O–H groups in total. The molecule has 0 atom stereocenters. The van der Waals surface area contributed by atoms with Crippen LogP contribution in [0.5, 0.6) is 0 Å². The van der Waals surface area contributed by atoms with Crippen molar-refractivity contribution in [2.75, 3.05) is 5.43 Å². The van der Waals surface area contributed by atoms with E-state index in [-0.39, 0.29) is 19.5 Å². The minimum Gasteiger partial charge on any atom is -0.585 e. The quantitative estimate of drug-likeness (QED) is 0.196. The van der Waals surface area contributed by atoms with E-state index < -0.39 is 0 Å². The van der Waals surface area contributed by atoms with Crippen molar-refractivity contribution in [3.63, 3.8) is 0 Å². The van der Waals surface area contributed by atoms with Gasteiger partial charge < -0.3 is 11.3 Å². The largest absolute Gasteiger partial charge is 1.00 e. The van der Waals surface area contributed by atoms with E-state index in [4.69, 9.17) is 5.84 Å². The van der Waals surface area contributed by atoms with Gasteiger partial charge in [-0.3, -0.25) is 19.9 Å². The molecule has 35 heavy (non-hydrogen) atoms. The van der Waals surface area contributed by atoms with Gasteiger partial charge in [0.1, 0.15) is 5.82 Å². The smallest absolute Gasteiger partial charge is 0.585 e. The Morgan fingerprint density at radius 2 is 0.743 bits per heavy atom.